The summed E-state index contributed by atoms with van der Waals surface area (Å²) in [6.07, 6.45) is 8.39. The molecule has 3 unspecified atom stereocenters. The van der Waals surface area contributed by atoms with Crippen LogP contribution in [-0.4, -0.2) is 0 Å². The molecule has 16 heavy (non-hydrogen) atoms. The number of rotatable bonds is 9. The molecule has 0 nitrogen and oxygen atoms in total. The van der Waals surface area contributed by atoms with Gasteiger partial charge in [-0.25, -0.2) is 0 Å². The van der Waals surface area contributed by atoms with Crippen molar-refractivity contribution in [3.8, 4) is 0 Å². The van der Waals surface area contributed by atoms with Crippen LogP contribution in [-0.2, 0) is 0 Å². The molecular formula is C16H34. The smallest absolute Gasteiger partial charge is 0.0388 e. The van der Waals surface area contributed by atoms with Crippen molar-refractivity contribution in [2.75, 3.05) is 0 Å². The highest BCUT2D eigenvalue weighted by atomic mass is 14.2. The van der Waals surface area contributed by atoms with Crippen LogP contribution in [0.3, 0.4) is 0 Å². The van der Waals surface area contributed by atoms with Crippen molar-refractivity contribution < 1.29 is 0 Å². The molecule has 0 aliphatic rings. The topological polar surface area (TPSA) is 0 Å². The van der Waals surface area contributed by atoms with Gasteiger partial charge in [-0.3, -0.25) is 0 Å². The molecule has 0 heteroatoms. The van der Waals surface area contributed by atoms with Crippen LogP contribution in [0.1, 0.15) is 80.1 Å². The Morgan fingerprint density at radius 2 is 1.38 bits per heavy atom. The Balaban J connectivity index is 4.06. The third-order valence-corrected chi connectivity index (χ3v) is 4.26. The Bertz CT molecular complexity index is 148. The highest BCUT2D eigenvalue weighted by Crippen LogP contribution is 2.30. The van der Waals surface area contributed by atoms with Gasteiger partial charge in [0.05, 0.1) is 0 Å². The predicted octanol–water partition coefficient (Wildman–Crippen LogP) is 5.91. The fourth-order valence-corrected chi connectivity index (χ4v) is 2.64. The van der Waals surface area contributed by atoms with E-state index in [4.69, 9.17) is 0 Å². The standard InChI is InChI=1S/C16H34/c1-7-9-11-16(13(3)4)12-15(6)14(5)10-8-2/h13-16H,7-12H2,1-6H3. The van der Waals surface area contributed by atoms with Crippen molar-refractivity contribution in [1.29, 1.82) is 0 Å². The zero-order chi connectivity index (χ0) is 12.6. The molecule has 0 aromatic carbocycles. The summed E-state index contributed by atoms with van der Waals surface area (Å²) in [7, 11) is 0. The van der Waals surface area contributed by atoms with Crippen LogP contribution >= 0.6 is 0 Å². The average molecular weight is 226 g/mol. The second-order valence-electron chi connectivity index (χ2n) is 6.13. The summed E-state index contributed by atoms with van der Waals surface area (Å²) in [5.74, 6) is 3.63. The molecule has 0 spiro atoms. The Morgan fingerprint density at radius 3 is 1.81 bits per heavy atom. The molecule has 0 bridgehead atoms. The maximum absolute atomic E-state index is 2.46. The van der Waals surface area contributed by atoms with E-state index in [1.54, 1.807) is 0 Å². The van der Waals surface area contributed by atoms with Crippen molar-refractivity contribution in [3.05, 3.63) is 0 Å². The third-order valence-electron chi connectivity index (χ3n) is 4.26. The van der Waals surface area contributed by atoms with Gasteiger partial charge in [0, 0.05) is 0 Å². The molecule has 0 saturated carbocycles. The molecule has 3 atom stereocenters. The third kappa shape index (κ3) is 6.55. The molecule has 0 radical (unpaired) electrons. The summed E-state index contributed by atoms with van der Waals surface area (Å²) < 4.78 is 0. The summed E-state index contributed by atoms with van der Waals surface area (Å²) in [5.41, 5.74) is 0. The molecule has 0 aliphatic carbocycles. The van der Waals surface area contributed by atoms with E-state index in [1.807, 2.05) is 0 Å². The first kappa shape index (κ1) is 16.0. The van der Waals surface area contributed by atoms with Crippen LogP contribution in [0.5, 0.6) is 0 Å². The normalized spacial score (nSPS) is 17.4. The Kier molecular flexibility index (Phi) is 9.07. The summed E-state index contributed by atoms with van der Waals surface area (Å²) in [6.45, 7) is 14.3. The summed E-state index contributed by atoms with van der Waals surface area (Å²) in [5, 5.41) is 0. The first-order valence-electron chi connectivity index (χ1n) is 7.52. The van der Waals surface area contributed by atoms with E-state index in [0.29, 0.717) is 0 Å². The molecular weight excluding hydrogens is 192 g/mol. The Labute approximate surface area is 104 Å². The number of hydrogen-bond acceptors (Lipinski definition) is 0. The van der Waals surface area contributed by atoms with Crippen molar-refractivity contribution in [1.82, 2.24) is 0 Å². The van der Waals surface area contributed by atoms with E-state index in [9.17, 15) is 0 Å². The predicted molar refractivity (Wildman–Crippen MR) is 75.7 cm³/mol. The lowest BCUT2D eigenvalue weighted by Gasteiger charge is -2.27. The van der Waals surface area contributed by atoms with Crippen LogP contribution in [0.25, 0.3) is 0 Å². The van der Waals surface area contributed by atoms with Crippen molar-refractivity contribution in [2.45, 2.75) is 80.1 Å². The highest BCUT2D eigenvalue weighted by Gasteiger charge is 2.19. The van der Waals surface area contributed by atoms with Crippen LogP contribution in [0, 0.1) is 23.7 Å². The van der Waals surface area contributed by atoms with Gasteiger partial charge in [0.1, 0.15) is 0 Å². The second-order valence-corrected chi connectivity index (χ2v) is 6.13. The van der Waals surface area contributed by atoms with Crippen LogP contribution < -0.4 is 0 Å². The number of hydrogen-bond donors (Lipinski definition) is 0. The minimum atomic E-state index is 0.864. The second kappa shape index (κ2) is 9.07. The molecule has 0 saturated heterocycles. The van der Waals surface area contributed by atoms with E-state index >= 15 is 0 Å². The molecule has 0 amide bonds. The molecule has 0 fully saturated rings. The molecule has 0 N–H and O–H groups in total. The summed E-state index contributed by atoms with van der Waals surface area (Å²) in [6, 6.07) is 0. The van der Waals surface area contributed by atoms with Gasteiger partial charge in [0.2, 0.25) is 0 Å². The van der Waals surface area contributed by atoms with E-state index in [2.05, 4.69) is 41.5 Å². The maximum Gasteiger partial charge on any atom is -0.0388 e. The monoisotopic (exact) mass is 226 g/mol. The molecule has 0 heterocycles. The largest absolute Gasteiger partial charge is 0.0654 e. The van der Waals surface area contributed by atoms with Gasteiger partial charge in [-0.15, -0.1) is 0 Å². The van der Waals surface area contributed by atoms with Gasteiger partial charge in [-0.1, -0.05) is 73.6 Å². The van der Waals surface area contributed by atoms with Gasteiger partial charge in [0.25, 0.3) is 0 Å². The Hall–Kier alpha value is 0. The fourth-order valence-electron chi connectivity index (χ4n) is 2.64. The number of unbranched alkanes of at least 4 members (excludes halogenated alkanes) is 1. The lowest BCUT2D eigenvalue weighted by molar-refractivity contribution is 0.234. The van der Waals surface area contributed by atoms with E-state index in [0.717, 1.165) is 23.7 Å². The first-order valence-corrected chi connectivity index (χ1v) is 7.52. The maximum atomic E-state index is 2.46. The SMILES string of the molecule is CCCCC(CC(C)C(C)CCC)C(C)C. The lowest BCUT2D eigenvalue weighted by Crippen LogP contribution is -2.17. The first-order chi connectivity index (χ1) is 7.52. The van der Waals surface area contributed by atoms with Crippen molar-refractivity contribution in [2.24, 2.45) is 23.7 Å². The highest BCUT2D eigenvalue weighted by molar-refractivity contribution is 4.70. The van der Waals surface area contributed by atoms with E-state index < -0.39 is 0 Å². The zero-order valence-electron chi connectivity index (χ0n) is 12.6. The van der Waals surface area contributed by atoms with E-state index in [1.165, 1.54) is 38.5 Å². The fraction of sp³-hybridized carbons (Fsp3) is 1.00. The quantitative estimate of drug-likeness (QED) is 0.458. The average Bonchev–Trinajstić information content (AvgIpc) is 2.23. The van der Waals surface area contributed by atoms with Gasteiger partial charge in [0.15, 0.2) is 0 Å². The van der Waals surface area contributed by atoms with Gasteiger partial charge in [-0.05, 0) is 30.1 Å². The van der Waals surface area contributed by atoms with Crippen LogP contribution in [0.4, 0.5) is 0 Å². The Morgan fingerprint density at radius 1 is 0.750 bits per heavy atom. The molecule has 0 aromatic heterocycles. The molecule has 0 aliphatic heterocycles. The van der Waals surface area contributed by atoms with Crippen molar-refractivity contribution >= 4 is 0 Å². The van der Waals surface area contributed by atoms with Crippen LogP contribution in [0.15, 0.2) is 0 Å². The van der Waals surface area contributed by atoms with Gasteiger partial charge < -0.3 is 0 Å². The van der Waals surface area contributed by atoms with Gasteiger partial charge in [-0.2, -0.15) is 0 Å². The van der Waals surface area contributed by atoms with Gasteiger partial charge >= 0.3 is 0 Å². The minimum absolute atomic E-state index is 0.864. The zero-order valence-corrected chi connectivity index (χ0v) is 12.6. The van der Waals surface area contributed by atoms with E-state index in [-0.39, 0.29) is 0 Å². The summed E-state index contributed by atoms with van der Waals surface area (Å²) in [4.78, 5) is 0. The van der Waals surface area contributed by atoms with Crippen LogP contribution in [0.2, 0.25) is 0 Å². The summed E-state index contributed by atoms with van der Waals surface area (Å²) >= 11 is 0. The van der Waals surface area contributed by atoms with Crippen molar-refractivity contribution in [3.63, 3.8) is 0 Å². The minimum Gasteiger partial charge on any atom is -0.0654 e. The lowest BCUT2D eigenvalue weighted by atomic mass is 9.78. The molecule has 98 valence electrons. The molecule has 0 aromatic rings. The molecule has 0 rings (SSSR count).